The van der Waals surface area contributed by atoms with Crippen LogP contribution in [-0.2, 0) is 0 Å². The molecule has 0 atom stereocenters. The van der Waals surface area contributed by atoms with Crippen molar-refractivity contribution in [3.05, 3.63) is 59.1 Å². The number of rotatable bonds is 5. The predicted molar refractivity (Wildman–Crippen MR) is 103 cm³/mol. The molecule has 2 amide bonds. The number of nitrogens with zero attached hydrogens (tertiary/aromatic N) is 3. The van der Waals surface area contributed by atoms with Crippen LogP contribution in [0.1, 0.15) is 5.56 Å². The third-order valence-electron chi connectivity index (χ3n) is 3.23. The van der Waals surface area contributed by atoms with Crippen LogP contribution in [-0.4, -0.2) is 29.6 Å². The standard InChI is InChI=1S/C17H14ClN5O2S/c1-25-14-8-2-11(3-9-14)10-19-22-16(24)20-17-23-21-15(26-17)12-4-6-13(18)7-5-12/h2-10H,1H3,(H2,20,22,23,24)/b19-10+. The molecule has 0 unspecified atom stereocenters. The van der Waals surface area contributed by atoms with Gasteiger partial charge in [0.25, 0.3) is 0 Å². The van der Waals surface area contributed by atoms with E-state index in [-0.39, 0.29) is 0 Å². The van der Waals surface area contributed by atoms with Gasteiger partial charge >= 0.3 is 6.03 Å². The molecule has 9 heteroatoms. The van der Waals surface area contributed by atoms with E-state index in [0.29, 0.717) is 15.2 Å². The SMILES string of the molecule is COc1ccc(/C=N/NC(=O)Nc2nnc(-c3ccc(Cl)cc3)s2)cc1. The molecule has 0 bridgehead atoms. The van der Waals surface area contributed by atoms with Gasteiger partial charge < -0.3 is 4.74 Å². The lowest BCUT2D eigenvalue weighted by Gasteiger charge is -2.00. The molecule has 2 aromatic carbocycles. The van der Waals surface area contributed by atoms with Crippen LogP contribution in [0.25, 0.3) is 10.6 Å². The number of urea groups is 1. The van der Waals surface area contributed by atoms with Gasteiger partial charge in [0.2, 0.25) is 5.13 Å². The highest BCUT2D eigenvalue weighted by molar-refractivity contribution is 7.18. The van der Waals surface area contributed by atoms with Crippen molar-refractivity contribution in [2.24, 2.45) is 5.10 Å². The second kappa shape index (κ2) is 8.41. The van der Waals surface area contributed by atoms with Gasteiger partial charge in [0.05, 0.1) is 13.3 Å². The van der Waals surface area contributed by atoms with Gasteiger partial charge in [0.15, 0.2) is 0 Å². The average molecular weight is 388 g/mol. The first-order valence-corrected chi connectivity index (χ1v) is 8.67. The molecule has 0 aliphatic rings. The molecule has 0 spiro atoms. The Morgan fingerprint density at radius 1 is 1.15 bits per heavy atom. The smallest absolute Gasteiger partial charge is 0.341 e. The summed E-state index contributed by atoms with van der Waals surface area (Å²) in [5.74, 6) is 0.751. The molecule has 0 aliphatic heterocycles. The van der Waals surface area contributed by atoms with Crippen LogP contribution in [0.5, 0.6) is 5.75 Å². The van der Waals surface area contributed by atoms with E-state index in [2.05, 4.69) is 26.0 Å². The number of hydrogen-bond donors (Lipinski definition) is 2. The molecule has 7 nitrogen and oxygen atoms in total. The third kappa shape index (κ3) is 4.78. The minimum Gasteiger partial charge on any atom is -0.497 e. The van der Waals surface area contributed by atoms with Gasteiger partial charge in [0, 0.05) is 10.6 Å². The number of anilines is 1. The average Bonchev–Trinajstić information content (AvgIpc) is 3.11. The summed E-state index contributed by atoms with van der Waals surface area (Å²) in [5, 5.41) is 16.1. The molecular weight excluding hydrogens is 374 g/mol. The van der Waals surface area contributed by atoms with E-state index in [4.69, 9.17) is 16.3 Å². The van der Waals surface area contributed by atoms with E-state index < -0.39 is 6.03 Å². The van der Waals surface area contributed by atoms with Gasteiger partial charge in [0.1, 0.15) is 10.8 Å². The van der Waals surface area contributed by atoms with Crippen molar-refractivity contribution >= 4 is 40.3 Å². The number of halogens is 1. The number of carbonyl (C=O) groups is 1. The van der Waals surface area contributed by atoms with Crippen LogP contribution in [0.4, 0.5) is 9.93 Å². The van der Waals surface area contributed by atoms with Crippen molar-refractivity contribution in [2.75, 3.05) is 12.4 Å². The van der Waals surface area contributed by atoms with Crippen LogP contribution in [0, 0.1) is 0 Å². The first-order valence-electron chi connectivity index (χ1n) is 7.47. The van der Waals surface area contributed by atoms with E-state index in [1.54, 1.807) is 31.4 Å². The van der Waals surface area contributed by atoms with E-state index >= 15 is 0 Å². The number of benzene rings is 2. The quantitative estimate of drug-likeness (QED) is 0.511. The highest BCUT2D eigenvalue weighted by atomic mass is 35.5. The molecule has 0 saturated carbocycles. The summed E-state index contributed by atoms with van der Waals surface area (Å²) in [6.07, 6.45) is 1.53. The van der Waals surface area contributed by atoms with Gasteiger partial charge in [-0.1, -0.05) is 35.1 Å². The fourth-order valence-corrected chi connectivity index (χ4v) is 2.83. The molecule has 0 fully saturated rings. The zero-order valence-corrected chi connectivity index (χ0v) is 15.2. The number of carbonyl (C=O) groups excluding carboxylic acids is 1. The normalized spacial score (nSPS) is 10.7. The van der Waals surface area contributed by atoms with Gasteiger partial charge in [-0.25, -0.2) is 10.2 Å². The van der Waals surface area contributed by atoms with Crippen molar-refractivity contribution < 1.29 is 9.53 Å². The summed E-state index contributed by atoms with van der Waals surface area (Å²) in [6.45, 7) is 0. The zero-order chi connectivity index (χ0) is 18.4. The maximum Gasteiger partial charge on any atom is 0.341 e. The summed E-state index contributed by atoms with van der Waals surface area (Å²) in [6, 6.07) is 14.0. The topological polar surface area (TPSA) is 88.5 Å². The molecule has 26 heavy (non-hydrogen) atoms. The van der Waals surface area contributed by atoms with Crippen molar-refractivity contribution in [1.29, 1.82) is 0 Å². The van der Waals surface area contributed by atoms with E-state index in [0.717, 1.165) is 16.9 Å². The van der Waals surface area contributed by atoms with Crippen LogP contribution >= 0.6 is 22.9 Å². The number of ether oxygens (including phenoxy) is 1. The molecule has 0 saturated heterocycles. The Hall–Kier alpha value is -2.97. The summed E-state index contributed by atoms with van der Waals surface area (Å²) in [4.78, 5) is 11.9. The Morgan fingerprint density at radius 3 is 2.58 bits per heavy atom. The van der Waals surface area contributed by atoms with Gasteiger partial charge in [-0.2, -0.15) is 5.10 Å². The lowest BCUT2D eigenvalue weighted by Crippen LogP contribution is -2.24. The second-order valence-corrected chi connectivity index (χ2v) is 6.43. The number of hydrazone groups is 1. The zero-order valence-electron chi connectivity index (χ0n) is 13.6. The van der Waals surface area contributed by atoms with Crippen LogP contribution in [0.3, 0.4) is 0 Å². The Morgan fingerprint density at radius 2 is 1.88 bits per heavy atom. The van der Waals surface area contributed by atoms with Crippen molar-refractivity contribution in [1.82, 2.24) is 15.6 Å². The van der Waals surface area contributed by atoms with Crippen molar-refractivity contribution in [2.45, 2.75) is 0 Å². The minimum absolute atomic E-state index is 0.368. The van der Waals surface area contributed by atoms with E-state index in [1.807, 2.05) is 24.3 Å². The van der Waals surface area contributed by atoms with E-state index in [9.17, 15) is 4.79 Å². The monoisotopic (exact) mass is 387 g/mol. The lowest BCUT2D eigenvalue weighted by molar-refractivity contribution is 0.252. The fourth-order valence-electron chi connectivity index (χ4n) is 1.96. The molecule has 1 aromatic heterocycles. The number of aromatic nitrogens is 2. The van der Waals surface area contributed by atoms with Crippen molar-refractivity contribution in [3.63, 3.8) is 0 Å². The first-order chi connectivity index (χ1) is 12.6. The highest BCUT2D eigenvalue weighted by Crippen LogP contribution is 2.27. The Kier molecular flexibility index (Phi) is 5.77. The number of nitrogens with one attached hydrogen (secondary N) is 2. The van der Waals surface area contributed by atoms with Crippen LogP contribution in [0.15, 0.2) is 53.6 Å². The number of methoxy groups -OCH3 is 1. The Bertz CT molecular complexity index is 910. The minimum atomic E-state index is -0.506. The summed E-state index contributed by atoms with van der Waals surface area (Å²) in [5.41, 5.74) is 4.07. The fraction of sp³-hybridized carbons (Fsp3) is 0.0588. The molecule has 0 aliphatic carbocycles. The second-order valence-electron chi connectivity index (χ2n) is 5.02. The number of hydrogen-bond acceptors (Lipinski definition) is 6. The molecule has 1 heterocycles. The summed E-state index contributed by atoms with van der Waals surface area (Å²) >= 11 is 7.11. The third-order valence-corrected chi connectivity index (χ3v) is 4.37. The van der Waals surface area contributed by atoms with Crippen LogP contribution in [0.2, 0.25) is 5.02 Å². The maximum atomic E-state index is 11.9. The summed E-state index contributed by atoms with van der Waals surface area (Å²) in [7, 11) is 1.60. The van der Waals surface area contributed by atoms with Gasteiger partial charge in [-0.05, 0) is 42.0 Å². The van der Waals surface area contributed by atoms with Gasteiger partial charge in [-0.3, -0.25) is 5.32 Å². The molecule has 0 radical (unpaired) electrons. The van der Waals surface area contributed by atoms with Gasteiger partial charge in [-0.15, -0.1) is 10.2 Å². The lowest BCUT2D eigenvalue weighted by atomic mass is 10.2. The Balaban J connectivity index is 1.54. The first kappa shape index (κ1) is 17.8. The van der Waals surface area contributed by atoms with E-state index in [1.165, 1.54) is 17.6 Å². The molecular formula is C17H14ClN5O2S. The van der Waals surface area contributed by atoms with Crippen molar-refractivity contribution in [3.8, 4) is 16.3 Å². The number of amides is 2. The molecule has 3 aromatic rings. The molecule has 132 valence electrons. The predicted octanol–water partition coefficient (Wildman–Crippen LogP) is 4.02. The molecule has 2 N–H and O–H groups in total. The largest absolute Gasteiger partial charge is 0.497 e. The summed E-state index contributed by atoms with van der Waals surface area (Å²) < 4.78 is 5.08. The maximum absolute atomic E-state index is 11.9. The highest BCUT2D eigenvalue weighted by Gasteiger charge is 2.09. The van der Waals surface area contributed by atoms with Crippen LogP contribution < -0.4 is 15.5 Å². The molecule has 3 rings (SSSR count). The Labute approximate surface area is 158 Å².